The van der Waals surface area contributed by atoms with E-state index in [2.05, 4.69) is 94.7 Å². The van der Waals surface area contributed by atoms with Crippen LogP contribution < -0.4 is 0 Å². The van der Waals surface area contributed by atoms with Crippen molar-refractivity contribution in [1.82, 2.24) is 0 Å². The Morgan fingerprint density at radius 2 is 0.625 bits per heavy atom. The first-order valence-electron chi connectivity index (χ1n) is 8.96. The number of hydrogen-bond donors (Lipinski definition) is 2. The Morgan fingerprint density at radius 1 is 0.542 bits per heavy atom. The topological polar surface area (TPSA) is 57.5 Å². The van der Waals surface area contributed by atoms with E-state index < -0.39 is 36.6 Å². The molecule has 146 valence electrons. The second kappa shape index (κ2) is 11.1. The van der Waals surface area contributed by atoms with Crippen LogP contribution in [0.1, 0.15) is 83.1 Å². The Morgan fingerprint density at radius 3 is 0.625 bits per heavy atom. The lowest BCUT2D eigenvalue weighted by Gasteiger charge is -2.33. The molecule has 0 aromatic carbocycles. The van der Waals surface area contributed by atoms with Crippen molar-refractivity contribution >= 4 is 36.6 Å². The van der Waals surface area contributed by atoms with E-state index in [1.807, 2.05) is 0 Å². The minimum absolute atomic E-state index is 0.579. The van der Waals surface area contributed by atoms with Crippen molar-refractivity contribution in [1.29, 1.82) is 0 Å². The highest BCUT2D eigenvalue weighted by Gasteiger charge is 2.37. The van der Waals surface area contributed by atoms with E-state index in [9.17, 15) is 0 Å². The van der Waals surface area contributed by atoms with Gasteiger partial charge in [0.25, 0.3) is 28.3 Å². The van der Waals surface area contributed by atoms with Crippen LogP contribution in [0.4, 0.5) is 0 Å². The van der Waals surface area contributed by atoms with Gasteiger partial charge >= 0.3 is 8.25 Å². The molecule has 0 fully saturated rings. The lowest BCUT2D eigenvalue weighted by Crippen LogP contribution is -2.31. The Hall–Kier alpha value is 1.21. The molecule has 0 rings (SSSR count). The van der Waals surface area contributed by atoms with E-state index in [0.717, 1.165) is 0 Å². The average molecular weight is 394 g/mol. The molecule has 0 aliphatic rings. The third-order valence-corrected chi connectivity index (χ3v) is 15.6. The van der Waals surface area contributed by atoms with Crippen molar-refractivity contribution < 1.29 is 14.4 Å². The van der Waals surface area contributed by atoms with E-state index in [1.54, 1.807) is 0 Å². The summed E-state index contributed by atoms with van der Waals surface area (Å²) in [5.41, 5.74) is 0. The van der Waals surface area contributed by atoms with Crippen LogP contribution in [0.5, 0.6) is 0 Å². The van der Waals surface area contributed by atoms with Crippen LogP contribution in [0, 0.1) is 0 Å². The Labute approximate surface area is 162 Å². The molecule has 0 heterocycles. The van der Waals surface area contributed by atoms with Crippen molar-refractivity contribution in [3.63, 3.8) is 0 Å². The van der Waals surface area contributed by atoms with Gasteiger partial charge in [0.05, 0.1) is 0 Å². The zero-order valence-electron chi connectivity index (χ0n) is 19.0. The molecule has 0 saturated heterocycles. The van der Waals surface area contributed by atoms with Crippen molar-refractivity contribution in [3.05, 3.63) is 0 Å². The summed E-state index contributed by atoms with van der Waals surface area (Å²) in [6, 6.07) is 0. The summed E-state index contributed by atoms with van der Waals surface area (Å²) in [5, 5.41) is 0. The molecule has 0 aliphatic carbocycles. The van der Waals surface area contributed by atoms with Crippen molar-refractivity contribution in [2.75, 3.05) is 0 Å². The van der Waals surface area contributed by atoms with E-state index in [4.69, 9.17) is 14.4 Å². The third kappa shape index (κ3) is 18.0. The summed E-state index contributed by atoms with van der Waals surface area (Å²) < 4.78 is 11.1. The third-order valence-electron chi connectivity index (χ3n) is 5.20. The summed E-state index contributed by atoms with van der Waals surface area (Å²) in [7, 11) is -3.13. The minimum Gasteiger partial charge on any atom is -0.326 e. The standard InChI is InChI=1S/4C4H9.2CH3.2Al.H3O3P/c4*1-4(2)3;;;;;1-4(2)3/h4*1-3H3;2*1H3;;;4H,(H2,1,2,3). The Balaban J connectivity index is -0.000000301. The Bertz CT molecular complexity index is 296. The van der Waals surface area contributed by atoms with Gasteiger partial charge in [0.1, 0.15) is 0 Å². The molecule has 0 unspecified atom stereocenters. The largest absolute Gasteiger partial charge is 0.326 e. The molecule has 3 nitrogen and oxygen atoms in total. The molecule has 0 aromatic heterocycles. The van der Waals surface area contributed by atoms with Gasteiger partial charge in [-0.3, -0.25) is 4.57 Å². The molecule has 0 amide bonds. The first-order chi connectivity index (χ1) is 10.0. The van der Waals surface area contributed by atoms with E-state index in [1.165, 1.54) is 0 Å². The fraction of sp³-hybridized carbons (Fsp3) is 1.00. The molecule has 0 radical (unpaired) electrons. The SMILES string of the molecule is O=[PH](O)O.[CH3][Al]([C](C)(C)C)[C](C)(C)C.[CH3][Al]([C](C)(C)C)[C](C)(C)C. The highest BCUT2D eigenvalue weighted by Crippen LogP contribution is 2.42. The van der Waals surface area contributed by atoms with Gasteiger partial charge in [-0.2, -0.15) is 0 Å². The lowest BCUT2D eigenvalue weighted by molar-refractivity contribution is 0.405. The highest BCUT2D eigenvalue weighted by atomic mass is 31.1. The van der Waals surface area contributed by atoms with E-state index in [0.29, 0.717) is 17.1 Å². The molecule has 0 bridgehead atoms. The summed E-state index contributed by atoms with van der Waals surface area (Å²) in [6.45, 7) is 28.4. The normalized spacial score (nSPS) is 12.7. The minimum atomic E-state index is -3.13. The molecule has 0 aromatic rings. The average Bonchev–Trinajstić information content (AvgIpc) is 2.22. The van der Waals surface area contributed by atoms with Gasteiger partial charge in [-0.25, -0.2) is 0 Å². The monoisotopic (exact) mass is 394 g/mol. The molecule has 0 saturated carbocycles. The fourth-order valence-electron chi connectivity index (χ4n) is 2.60. The quantitative estimate of drug-likeness (QED) is 0.351. The van der Waals surface area contributed by atoms with E-state index >= 15 is 0 Å². The first-order valence-corrected chi connectivity index (χ1v) is 14.9. The van der Waals surface area contributed by atoms with Gasteiger partial charge in [-0.15, -0.1) is 11.6 Å². The van der Waals surface area contributed by atoms with Gasteiger partial charge in [0.15, 0.2) is 0 Å². The lowest BCUT2D eigenvalue weighted by atomic mass is 10.2. The van der Waals surface area contributed by atoms with Crippen LogP contribution in [0.15, 0.2) is 0 Å². The van der Waals surface area contributed by atoms with Gasteiger partial charge < -0.3 is 9.79 Å². The molecule has 0 atom stereocenters. The Kier molecular flexibility index (Phi) is 13.9. The van der Waals surface area contributed by atoms with Gasteiger partial charge in [-0.05, 0) is 0 Å². The molecule has 24 heavy (non-hydrogen) atoms. The van der Waals surface area contributed by atoms with Crippen LogP contribution in [-0.2, 0) is 4.57 Å². The first kappa shape index (κ1) is 30.0. The molecule has 0 spiro atoms. The van der Waals surface area contributed by atoms with E-state index in [-0.39, 0.29) is 0 Å². The van der Waals surface area contributed by atoms with Crippen LogP contribution >= 0.6 is 8.25 Å². The van der Waals surface area contributed by atoms with Gasteiger partial charge in [0.2, 0.25) is 0 Å². The van der Waals surface area contributed by atoms with Crippen LogP contribution in [0.2, 0.25) is 28.7 Å². The van der Waals surface area contributed by atoms with Crippen LogP contribution in [0.3, 0.4) is 0 Å². The van der Waals surface area contributed by atoms with Crippen molar-refractivity contribution in [2.24, 2.45) is 0 Å². The summed E-state index contributed by atoms with van der Waals surface area (Å²) in [4.78, 5) is 14.3. The predicted octanol–water partition coefficient (Wildman–Crippen LogP) is 6.78. The predicted molar refractivity (Wildman–Crippen MR) is 116 cm³/mol. The number of hydrogen-bond acceptors (Lipinski definition) is 1. The maximum atomic E-state index is 8.74. The summed E-state index contributed by atoms with van der Waals surface area (Å²) >= 11 is -1.16. The molecular formula is C18H45Al2O3P. The zero-order valence-corrected chi connectivity index (χ0v) is 22.3. The zero-order chi connectivity index (χ0) is 20.7. The molecule has 6 heteroatoms. The smallest absolute Gasteiger partial charge is 0.314 e. The summed E-state index contributed by atoms with van der Waals surface area (Å²) in [6.07, 6.45) is 0. The fourth-order valence-corrected chi connectivity index (χ4v) is 7.79. The van der Waals surface area contributed by atoms with Crippen LogP contribution in [0.25, 0.3) is 0 Å². The molecule has 0 aliphatic heterocycles. The van der Waals surface area contributed by atoms with Crippen molar-refractivity contribution in [2.45, 2.75) is 112 Å². The number of rotatable bonds is 0. The second-order valence-corrected chi connectivity index (χ2v) is 21.6. The maximum Gasteiger partial charge on any atom is 0.314 e. The van der Waals surface area contributed by atoms with Crippen molar-refractivity contribution in [3.8, 4) is 0 Å². The van der Waals surface area contributed by atoms with Gasteiger partial charge in [-0.1, -0.05) is 100 Å². The molecular weight excluding hydrogens is 349 g/mol. The molecule has 2 N–H and O–H groups in total. The second-order valence-electron chi connectivity index (χ2n) is 11.2. The summed E-state index contributed by atoms with van der Waals surface area (Å²) in [5.74, 6) is 4.94. The highest BCUT2D eigenvalue weighted by molar-refractivity contribution is 7.30. The maximum absolute atomic E-state index is 8.74. The van der Waals surface area contributed by atoms with Crippen LogP contribution in [-0.4, -0.2) is 38.1 Å². The van der Waals surface area contributed by atoms with Gasteiger partial charge in [0, 0.05) is 0 Å².